The van der Waals surface area contributed by atoms with Gasteiger partial charge in [0, 0.05) is 10.4 Å². The summed E-state index contributed by atoms with van der Waals surface area (Å²) in [7, 11) is 0. The summed E-state index contributed by atoms with van der Waals surface area (Å²) in [6, 6.07) is 8.85. The first kappa shape index (κ1) is 22.0. The molecule has 5 rings (SSSR count). The maximum atomic E-state index is 11.7. The summed E-state index contributed by atoms with van der Waals surface area (Å²) in [4.78, 5) is 32.7. The highest BCUT2D eigenvalue weighted by atomic mass is 35.5. The number of benzene rings is 1. The maximum Gasteiger partial charge on any atom is 0.356 e. The molecule has 2 N–H and O–H groups in total. The third-order valence-corrected chi connectivity index (χ3v) is 6.70. The summed E-state index contributed by atoms with van der Waals surface area (Å²) in [6.45, 7) is 5.04. The van der Waals surface area contributed by atoms with Crippen molar-refractivity contribution in [3.8, 4) is 6.07 Å². The standard InChI is InChI=1S/C23H18ClN7O2S/c1-11-5-13(12(2)27-14-3-4-19(24)29-21(14)23(32)33)20-15(6-11)28-16(7-25)22(30-20)31-8-17-18(9-31)34-10-26-17/h3-6,10,12,27H,8-9H2,1-2H3,(H,32,33)/t12-/m1/s1. The lowest BCUT2D eigenvalue weighted by Gasteiger charge is -2.21. The van der Waals surface area contributed by atoms with Crippen LogP contribution in [0.25, 0.3) is 11.0 Å². The van der Waals surface area contributed by atoms with Gasteiger partial charge in [-0.2, -0.15) is 5.26 Å². The minimum atomic E-state index is -1.18. The zero-order chi connectivity index (χ0) is 24.0. The lowest BCUT2D eigenvalue weighted by molar-refractivity contribution is 0.0691. The first-order valence-electron chi connectivity index (χ1n) is 10.4. The van der Waals surface area contributed by atoms with Gasteiger partial charge in [-0.15, -0.1) is 11.3 Å². The van der Waals surface area contributed by atoms with Crippen LogP contribution in [-0.4, -0.2) is 31.0 Å². The molecule has 0 saturated heterocycles. The molecule has 1 atom stereocenters. The highest BCUT2D eigenvalue weighted by Gasteiger charge is 2.27. The number of aryl methyl sites for hydroxylation is 1. The number of halogens is 1. The van der Waals surface area contributed by atoms with Crippen LogP contribution >= 0.6 is 22.9 Å². The van der Waals surface area contributed by atoms with Crippen molar-refractivity contribution >= 4 is 51.4 Å². The summed E-state index contributed by atoms with van der Waals surface area (Å²) in [5.74, 6) is -0.668. The normalized spacial score (nSPS) is 13.5. The van der Waals surface area contributed by atoms with E-state index in [0.29, 0.717) is 35.6 Å². The number of thiazole rings is 1. The Balaban J connectivity index is 1.58. The molecule has 0 fully saturated rings. The van der Waals surface area contributed by atoms with Crippen LogP contribution in [0.5, 0.6) is 0 Å². The van der Waals surface area contributed by atoms with Gasteiger partial charge in [-0.05, 0) is 37.6 Å². The lowest BCUT2D eigenvalue weighted by atomic mass is 10.0. The first-order valence-corrected chi connectivity index (χ1v) is 11.6. The van der Waals surface area contributed by atoms with Gasteiger partial charge in [0.05, 0.1) is 47.1 Å². The van der Waals surface area contributed by atoms with Crippen molar-refractivity contribution in [1.29, 1.82) is 5.26 Å². The maximum absolute atomic E-state index is 11.7. The number of aromatic nitrogens is 4. The summed E-state index contributed by atoms with van der Waals surface area (Å²) >= 11 is 7.48. The average Bonchev–Trinajstić information content (AvgIpc) is 3.41. The predicted octanol–water partition coefficient (Wildman–Crippen LogP) is 4.71. The third kappa shape index (κ3) is 3.89. The molecule has 1 aliphatic heterocycles. The molecule has 1 aromatic carbocycles. The van der Waals surface area contributed by atoms with Crippen LogP contribution in [0.4, 0.5) is 11.5 Å². The molecular weight excluding hydrogens is 474 g/mol. The number of aromatic carboxylic acids is 1. The highest BCUT2D eigenvalue weighted by molar-refractivity contribution is 7.09. The van der Waals surface area contributed by atoms with Crippen LogP contribution in [0.3, 0.4) is 0 Å². The molecule has 34 heavy (non-hydrogen) atoms. The number of nitrogens with zero attached hydrogens (tertiary/aromatic N) is 6. The van der Waals surface area contributed by atoms with E-state index < -0.39 is 5.97 Å². The van der Waals surface area contributed by atoms with E-state index in [9.17, 15) is 15.2 Å². The Hall–Kier alpha value is -3.81. The fourth-order valence-electron chi connectivity index (χ4n) is 4.09. The van der Waals surface area contributed by atoms with E-state index >= 15 is 0 Å². The van der Waals surface area contributed by atoms with E-state index in [1.54, 1.807) is 17.4 Å². The number of hydrogen-bond acceptors (Lipinski definition) is 9. The number of fused-ring (bicyclic) bond motifs is 2. The molecule has 0 radical (unpaired) electrons. The van der Waals surface area contributed by atoms with Crippen LogP contribution < -0.4 is 10.2 Å². The number of carboxylic acid groups (broad SMARTS) is 1. The molecule has 9 nitrogen and oxygen atoms in total. The smallest absolute Gasteiger partial charge is 0.356 e. The molecule has 0 unspecified atom stereocenters. The molecule has 0 spiro atoms. The summed E-state index contributed by atoms with van der Waals surface area (Å²) in [6.07, 6.45) is 0. The van der Waals surface area contributed by atoms with Gasteiger partial charge in [-0.25, -0.2) is 24.7 Å². The Morgan fingerprint density at radius 2 is 2.12 bits per heavy atom. The number of nitrogens with one attached hydrogen (secondary N) is 1. The van der Waals surface area contributed by atoms with E-state index in [-0.39, 0.29) is 22.6 Å². The SMILES string of the molecule is Cc1cc([C@@H](C)Nc2ccc(Cl)nc2C(=O)O)c2nc(N3Cc4ncsc4C3)c(C#N)nc2c1. The van der Waals surface area contributed by atoms with Crippen LogP contribution in [-0.2, 0) is 13.1 Å². The molecular formula is C23H18ClN7O2S. The molecule has 0 amide bonds. The minimum Gasteiger partial charge on any atom is -0.476 e. The zero-order valence-electron chi connectivity index (χ0n) is 18.2. The second kappa shape index (κ2) is 8.52. The van der Waals surface area contributed by atoms with Crippen LogP contribution in [0, 0.1) is 18.3 Å². The molecule has 1 aliphatic rings. The molecule has 0 saturated carbocycles. The van der Waals surface area contributed by atoms with Crippen molar-refractivity contribution in [2.45, 2.75) is 33.0 Å². The number of carboxylic acids is 1. The van der Waals surface area contributed by atoms with Crippen molar-refractivity contribution < 1.29 is 9.90 Å². The van der Waals surface area contributed by atoms with Crippen molar-refractivity contribution in [3.05, 3.63) is 68.0 Å². The predicted molar refractivity (Wildman–Crippen MR) is 129 cm³/mol. The molecule has 4 heterocycles. The second-order valence-corrected chi connectivity index (χ2v) is 9.34. The Labute approximate surface area is 203 Å². The monoisotopic (exact) mass is 491 g/mol. The van der Waals surface area contributed by atoms with E-state index in [4.69, 9.17) is 16.6 Å². The Kier molecular flexibility index (Phi) is 5.51. The van der Waals surface area contributed by atoms with Crippen LogP contribution in [0.2, 0.25) is 5.15 Å². The van der Waals surface area contributed by atoms with Crippen molar-refractivity contribution in [2.24, 2.45) is 0 Å². The fraction of sp³-hybridized carbons (Fsp3) is 0.217. The van der Waals surface area contributed by atoms with Crippen molar-refractivity contribution in [2.75, 3.05) is 10.2 Å². The quantitative estimate of drug-likeness (QED) is 0.381. The number of rotatable bonds is 5. The second-order valence-electron chi connectivity index (χ2n) is 8.01. The molecule has 11 heteroatoms. The van der Waals surface area contributed by atoms with Crippen LogP contribution in [0.1, 0.15) is 50.8 Å². The third-order valence-electron chi connectivity index (χ3n) is 5.63. The summed E-state index contributed by atoms with van der Waals surface area (Å²) in [5, 5.41) is 22.6. The van der Waals surface area contributed by atoms with Gasteiger partial charge in [0.1, 0.15) is 11.2 Å². The van der Waals surface area contributed by atoms with Gasteiger partial charge in [-0.1, -0.05) is 17.7 Å². The van der Waals surface area contributed by atoms with Gasteiger partial charge in [-0.3, -0.25) is 0 Å². The van der Waals surface area contributed by atoms with Crippen LogP contribution in [0.15, 0.2) is 29.8 Å². The Bertz CT molecular complexity index is 1480. The number of carbonyl (C=O) groups is 1. The number of anilines is 2. The van der Waals surface area contributed by atoms with Gasteiger partial charge >= 0.3 is 5.97 Å². The van der Waals surface area contributed by atoms with Gasteiger partial charge < -0.3 is 15.3 Å². The van der Waals surface area contributed by atoms with Crippen molar-refractivity contribution in [1.82, 2.24) is 19.9 Å². The fourth-order valence-corrected chi connectivity index (χ4v) is 5.02. The average molecular weight is 492 g/mol. The molecule has 3 aromatic heterocycles. The van der Waals surface area contributed by atoms with Gasteiger partial charge in [0.15, 0.2) is 17.2 Å². The number of pyridine rings is 1. The van der Waals surface area contributed by atoms with E-state index in [1.165, 1.54) is 6.07 Å². The minimum absolute atomic E-state index is 0.102. The molecule has 4 aromatic rings. The molecule has 0 bridgehead atoms. The van der Waals surface area contributed by atoms with E-state index in [1.807, 2.05) is 36.4 Å². The highest BCUT2D eigenvalue weighted by Crippen LogP contribution is 2.34. The topological polar surface area (TPSA) is 128 Å². The lowest BCUT2D eigenvalue weighted by Crippen LogP contribution is -2.19. The number of nitriles is 1. The zero-order valence-corrected chi connectivity index (χ0v) is 19.8. The Morgan fingerprint density at radius 1 is 1.29 bits per heavy atom. The molecule has 0 aliphatic carbocycles. The largest absolute Gasteiger partial charge is 0.476 e. The first-order chi connectivity index (χ1) is 16.3. The van der Waals surface area contributed by atoms with Gasteiger partial charge in [0.25, 0.3) is 0 Å². The van der Waals surface area contributed by atoms with Gasteiger partial charge in [0.2, 0.25) is 0 Å². The summed E-state index contributed by atoms with van der Waals surface area (Å²) < 4.78 is 0. The van der Waals surface area contributed by atoms with E-state index in [0.717, 1.165) is 21.7 Å². The van der Waals surface area contributed by atoms with Crippen molar-refractivity contribution in [3.63, 3.8) is 0 Å². The van der Waals surface area contributed by atoms with E-state index in [2.05, 4.69) is 26.3 Å². The summed E-state index contributed by atoms with van der Waals surface area (Å²) in [5.41, 5.74) is 6.27. The Morgan fingerprint density at radius 3 is 2.85 bits per heavy atom. The molecule has 170 valence electrons. The number of hydrogen-bond donors (Lipinski definition) is 2.